The Bertz CT molecular complexity index is 117. The molecule has 0 unspecified atom stereocenters. The smallest absolute Gasteiger partial charge is 0.108 e. The normalized spacial score (nSPS) is 8.60. The van der Waals surface area contributed by atoms with Crippen LogP contribution in [0.3, 0.4) is 0 Å². The highest BCUT2D eigenvalue weighted by Crippen LogP contribution is 1.97. The first-order valence-corrected chi connectivity index (χ1v) is 3.98. The van der Waals surface area contributed by atoms with Crippen LogP contribution in [0, 0.1) is 0 Å². The van der Waals surface area contributed by atoms with Crippen molar-refractivity contribution in [1.29, 1.82) is 0 Å². The Morgan fingerprint density at radius 2 is 2.10 bits per heavy atom. The van der Waals surface area contributed by atoms with Gasteiger partial charge < -0.3 is 0 Å². The summed E-state index contributed by atoms with van der Waals surface area (Å²) < 4.78 is 3.11. The zero-order chi connectivity index (χ0) is 7.66. The molecule has 0 saturated heterocycles. The van der Waals surface area contributed by atoms with E-state index in [9.17, 15) is 0 Å². The molecule has 0 aliphatic heterocycles. The minimum atomic E-state index is 0.802. The van der Waals surface area contributed by atoms with E-state index >= 15 is 0 Å². The van der Waals surface area contributed by atoms with Gasteiger partial charge in [-0.3, -0.25) is 0 Å². The van der Waals surface area contributed by atoms with Crippen molar-refractivity contribution < 1.29 is 0 Å². The largest absolute Gasteiger partial charge is 0.225 e. The van der Waals surface area contributed by atoms with Crippen LogP contribution in [0.5, 0.6) is 0 Å². The number of aliphatic imine (C=N–C) groups is 1. The van der Waals surface area contributed by atoms with Gasteiger partial charge in [0.05, 0.1) is 0 Å². The molecule has 2 nitrogen and oxygen atoms in total. The molecule has 0 fully saturated rings. The third-order valence-electron chi connectivity index (χ3n) is 1.23. The molecule has 10 heavy (non-hydrogen) atoms. The lowest BCUT2D eigenvalue weighted by molar-refractivity contribution is 0.676. The third kappa shape index (κ3) is 7.67. The monoisotopic (exact) mass is 160 g/mol. The summed E-state index contributed by atoms with van der Waals surface area (Å²) in [5.41, 5.74) is 0. The molecule has 0 N–H and O–H groups in total. The van der Waals surface area contributed by atoms with Crippen LogP contribution in [-0.2, 0) is 0 Å². The van der Waals surface area contributed by atoms with Crippen molar-refractivity contribution in [3.63, 3.8) is 0 Å². The number of nitrogens with zero attached hydrogens (tertiary/aromatic N) is 2. The van der Waals surface area contributed by atoms with Crippen LogP contribution in [0.15, 0.2) is 9.50 Å². The Hall–Kier alpha value is -0.330. The summed E-state index contributed by atoms with van der Waals surface area (Å²) >= 11 is 4.96. The Morgan fingerprint density at radius 1 is 1.30 bits per heavy atom. The minimum Gasteiger partial charge on any atom is -0.225 e. The molecule has 0 aromatic rings. The lowest BCUT2D eigenvalue weighted by atomic mass is 10.2. The fourth-order valence-electron chi connectivity index (χ4n) is 0.694. The third-order valence-corrected chi connectivity index (χ3v) is 1.31. The second kappa shape index (κ2) is 8.67. The fourth-order valence-corrected chi connectivity index (χ4v) is 0.748. The van der Waals surface area contributed by atoms with E-state index in [2.05, 4.69) is 22.4 Å². The quantitative estimate of drug-likeness (QED) is 0.437. The van der Waals surface area contributed by atoms with Crippen molar-refractivity contribution in [2.75, 3.05) is 6.54 Å². The van der Waals surface area contributed by atoms with E-state index in [0.29, 0.717) is 0 Å². The standard InChI is InChI=1S/C7H13ClN2/c1-2-3-4-5-6-9-7-10-8/h2-6H2,1H3. The van der Waals surface area contributed by atoms with Crippen LogP contribution in [0.25, 0.3) is 0 Å². The van der Waals surface area contributed by atoms with Crippen molar-refractivity contribution in [2.45, 2.75) is 32.6 Å². The summed E-state index contributed by atoms with van der Waals surface area (Å²) in [6.07, 6.45) is 4.90. The van der Waals surface area contributed by atoms with Gasteiger partial charge in [0.25, 0.3) is 0 Å². The number of halogens is 1. The molecule has 0 saturated carbocycles. The van der Waals surface area contributed by atoms with E-state index in [4.69, 9.17) is 11.8 Å². The van der Waals surface area contributed by atoms with Gasteiger partial charge in [-0.25, -0.2) is 4.99 Å². The van der Waals surface area contributed by atoms with Gasteiger partial charge >= 0.3 is 0 Å². The zero-order valence-corrected chi connectivity index (χ0v) is 7.06. The van der Waals surface area contributed by atoms with E-state index in [-0.39, 0.29) is 0 Å². The second-order valence-corrected chi connectivity index (χ2v) is 2.30. The zero-order valence-electron chi connectivity index (χ0n) is 6.31. The van der Waals surface area contributed by atoms with Gasteiger partial charge in [-0.2, -0.15) is 0 Å². The molecule has 0 aromatic heterocycles. The lowest BCUT2D eigenvalue weighted by Crippen LogP contribution is -1.79. The maximum absolute atomic E-state index is 4.96. The molecular weight excluding hydrogens is 148 g/mol. The minimum absolute atomic E-state index is 0.802. The number of hydrogen-bond donors (Lipinski definition) is 0. The Morgan fingerprint density at radius 3 is 2.70 bits per heavy atom. The van der Waals surface area contributed by atoms with Crippen LogP contribution in [-0.4, -0.2) is 12.6 Å². The molecule has 0 aromatic carbocycles. The number of hydrogen-bond acceptors (Lipinski definition) is 2. The maximum Gasteiger partial charge on any atom is 0.108 e. The van der Waals surface area contributed by atoms with E-state index in [1.807, 2.05) is 0 Å². The first-order valence-electron chi connectivity index (χ1n) is 3.64. The molecule has 0 bridgehead atoms. The van der Waals surface area contributed by atoms with Crippen molar-refractivity contribution in [2.24, 2.45) is 9.50 Å². The van der Waals surface area contributed by atoms with E-state index in [1.54, 1.807) is 0 Å². The van der Waals surface area contributed by atoms with Gasteiger partial charge in [0, 0.05) is 18.3 Å². The van der Waals surface area contributed by atoms with Crippen molar-refractivity contribution >= 4 is 17.8 Å². The first-order chi connectivity index (χ1) is 4.91. The summed E-state index contributed by atoms with van der Waals surface area (Å²) in [6.45, 7) is 2.99. The van der Waals surface area contributed by atoms with Gasteiger partial charge in [0.2, 0.25) is 0 Å². The van der Waals surface area contributed by atoms with Crippen molar-refractivity contribution in [1.82, 2.24) is 0 Å². The molecule has 0 rings (SSSR count). The molecule has 0 atom stereocenters. The van der Waals surface area contributed by atoms with Crippen LogP contribution in [0.2, 0.25) is 0 Å². The van der Waals surface area contributed by atoms with E-state index in [1.165, 1.54) is 19.3 Å². The average Bonchev–Trinajstić information content (AvgIpc) is 1.97. The predicted octanol–water partition coefficient (Wildman–Crippen LogP) is 2.89. The van der Waals surface area contributed by atoms with Crippen LogP contribution in [0.4, 0.5) is 0 Å². The van der Waals surface area contributed by atoms with Crippen LogP contribution in [0.1, 0.15) is 32.6 Å². The van der Waals surface area contributed by atoms with E-state index in [0.717, 1.165) is 13.0 Å². The molecule has 0 aliphatic carbocycles. The average molecular weight is 161 g/mol. The van der Waals surface area contributed by atoms with Crippen molar-refractivity contribution in [3.8, 4) is 0 Å². The lowest BCUT2D eigenvalue weighted by Gasteiger charge is -1.91. The van der Waals surface area contributed by atoms with Crippen molar-refractivity contribution in [3.05, 3.63) is 0 Å². The summed E-state index contributed by atoms with van der Waals surface area (Å²) in [6, 6.07) is 2.34. The predicted molar refractivity (Wildman–Crippen MR) is 44.7 cm³/mol. The highest BCUT2D eigenvalue weighted by atomic mass is 35.5. The fraction of sp³-hybridized carbons (Fsp3) is 0.857. The topological polar surface area (TPSA) is 24.7 Å². The first kappa shape index (κ1) is 9.67. The molecule has 0 radical (unpaired) electrons. The Kier molecular flexibility index (Phi) is 8.38. The molecule has 0 heterocycles. The summed E-state index contributed by atoms with van der Waals surface area (Å²) in [4.78, 5) is 3.81. The number of unbranched alkanes of at least 4 members (excludes halogenated alkanes) is 3. The Labute approximate surface area is 67.1 Å². The summed E-state index contributed by atoms with van der Waals surface area (Å²) in [7, 11) is 0. The maximum atomic E-state index is 4.96. The van der Waals surface area contributed by atoms with Gasteiger partial charge in [-0.1, -0.05) is 26.2 Å². The highest BCUT2D eigenvalue weighted by molar-refractivity contribution is 6.16. The molecule has 58 valence electrons. The van der Waals surface area contributed by atoms with Crippen LogP contribution >= 0.6 is 11.8 Å². The van der Waals surface area contributed by atoms with Gasteiger partial charge in [0.15, 0.2) is 0 Å². The molecular formula is C7H13ClN2. The highest BCUT2D eigenvalue weighted by Gasteiger charge is 1.83. The Balaban J connectivity index is 2.97. The number of rotatable bonds is 5. The molecule has 3 heteroatoms. The molecule has 0 amide bonds. The van der Waals surface area contributed by atoms with Crippen LogP contribution < -0.4 is 0 Å². The van der Waals surface area contributed by atoms with Gasteiger partial charge in [-0.05, 0) is 6.42 Å². The van der Waals surface area contributed by atoms with Gasteiger partial charge in [-0.15, -0.1) is 4.51 Å². The summed E-state index contributed by atoms with van der Waals surface area (Å²) in [5, 5.41) is 0. The second-order valence-electron chi connectivity index (χ2n) is 2.13. The van der Waals surface area contributed by atoms with Gasteiger partial charge in [0.1, 0.15) is 6.01 Å². The summed E-state index contributed by atoms with van der Waals surface area (Å²) in [5.74, 6) is 0. The molecule has 0 aliphatic rings. The SMILES string of the molecule is CCCCCCN=C=NCl. The molecule has 0 spiro atoms. The van der Waals surface area contributed by atoms with E-state index < -0.39 is 0 Å².